The van der Waals surface area contributed by atoms with Crippen molar-refractivity contribution in [3.63, 3.8) is 0 Å². The first-order valence-corrected chi connectivity index (χ1v) is 6.76. The number of carbonyl (C=O) groups is 1. The van der Waals surface area contributed by atoms with E-state index in [0.717, 1.165) is 27.6 Å². The normalized spacial score (nSPS) is 10.6. The van der Waals surface area contributed by atoms with Crippen LogP contribution in [0.4, 0.5) is 0 Å². The molecule has 1 N–H and O–H groups in total. The molecule has 1 aromatic heterocycles. The molecule has 1 heterocycles. The van der Waals surface area contributed by atoms with Crippen molar-refractivity contribution in [2.24, 2.45) is 0 Å². The Morgan fingerprint density at radius 1 is 1.39 bits per heavy atom. The average molecular weight is 282 g/mol. The lowest BCUT2D eigenvalue weighted by Crippen LogP contribution is -1.99. The van der Waals surface area contributed by atoms with E-state index in [1.807, 2.05) is 19.1 Å². The zero-order valence-corrected chi connectivity index (χ0v) is 11.4. The molecule has 0 radical (unpaired) electrons. The molecule has 0 saturated carbocycles. The fraction of sp³-hybridized carbons (Fsp3) is 0.231. The maximum atomic E-state index is 10.9. The summed E-state index contributed by atoms with van der Waals surface area (Å²) < 4.78 is 0. The van der Waals surface area contributed by atoms with Crippen LogP contribution in [0.5, 0.6) is 0 Å². The Morgan fingerprint density at radius 2 is 2.06 bits per heavy atom. The van der Waals surface area contributed by atoms with Crippen LogP contribution in [0.25, 0.3) is 11.3 Å². The number of hydrogen-bond donors (Lipinski definition) is 1. The van der Waals surface area contributed by atoms with Crippen molar-refractivity contribution in [3.8, 4) is 11.3 Å². The van der Waals surface area contributed by atoms with Crippen molar-refractivity contribution in [2.75, 3.05) is 0 Å². The topological polar surface area (TPSA) is 50.2 Å². The molecule has 0 aliphatic carbocycles. The van der Waals surface area contributed by atoms with E-state index in [0.29, 0.717) is 5.02 Å². The summed E-state index contributed by atoms with van der Waals surface area (Å²) in [4.78, 5) is 16.1. The third-order valence-corrected chi connectivity index (χ3v) is 3.93. The van der Waals surface area contributed by atoms with Crippen LogP contribution in [-0.2, 0) is 17.6 Å². The van der Waals surface area contributed by atoms with Gasteiger partial charge in [0.25, 0.3) is 0 Å². The number of nitrogens with zero attached hydrogens (tertiary/aromatic N) is 1. The van der Waals surface area contributed by atoms with Crippen molar-refractivity contribution in [3.05, 3.63) is 39.2 Å². The lowest BCUT2D eigenvalue weighted by molar-refractivity contribution is -0.136. The minimum Gasteiger partial charge on any atom is -0.481 e. The van der Waals surface area contributed by atoms with Gasteiger partial charge in [-0.15, -0.1) is 11.3 Å². The number of thiazole rings is 1. The number of aryl methyl sites for hydroxylation is 1. The van der Waals surface area contributed by atoms with E-state index in [1.54, 1.807) is 12.1 Å². The van der Waals surface area contributed by atoms with Gasteiger partial charge in [0.15, 0.2) is 0 Å². The summed E-state index contributed by atoms with van der Waals surface area (Å²) in [6.45, 7) is 2.01. The maximum absolute atomic E-state index is 10.9. The van der Waals surface area contributed by atoms with E-state index in [9.17, 15) is 4.79 Å². The van der Waals surface area contributed by atoms with Crippen LogP contribution in [-0.4, -0.2) is 16.1 Å². The van der Waals surface area contributed by atoms with Crippen molar-refractivity contribution in [2.45, 2.75) is 19.8 Å². The van der Waals surface area contributed by atoms with Gasteiger partial charge < -0.3 is 5.11 Å². The number of halogens is 1. The molecule has 0 amide bonds. The van der Waals surface area contributed by atoms with Crippen LogP contribution in [0.2, 0.25) is 5.02 Å². The van der Waals surface area contributed by atoms with Crippen LogP contribution in [0.3, 0.4) is 0 Å². The van der Waals surface area contributed by atoms with Crippen LogP contribution in [0.15, 0.2) is 24.3 Å². The predicted molar refractivity (Wildman–Crippen MR) is 73.3 cm³/mol. The highest BCUT2D eigenvalue weighted by Crippen LogP contribution is 2.29. The van der Waals surface area contributed by atoms with E-state index in [-0.39, 0.29) is 6.42 Å². The molecule has 0 spiro atoms. The summed E-state index contributed by atoms with van der Waals surface area (Å²) in [5, 5.41) is 10.5. The molecule has 94 valence electrons. The molecule has 0 saturated heterocycles. The molecule has 0 bridgehead atoms. The molecule has 0 aliphatic rings. The third-order valence-electron chi connectivity index (χ3n) is 2.47. The molecule has 0 aliphatic heterocycles. The minimum absolute atomic E-state index is 0.00955. The summed E-state index contributed by atoms with van der Waals surface area (Å²) >= 11 is 7.31. The van der Waals surface area contributed by atoms with Gasteiger partial charge in [0.1, 0.15) is 0 Å². The summed E-state index contributed by atoms with van der Waals surface area (Å²) in [5.74, 6) is -0.837. The SMILES string of the molecule is CCc1nc(-c2ccc(Cl)cc2)c(CC(=O)O)s1. The number of benzene rings is 1. The molecular formula is C13H12ClNO2S. The van der Waals surface area contributed by atoms with Crippen molar-refractivity contribution >= 4 is 28.9 Å². The van der Waals surface area contributed by atoms with Crippen molar-refractivity contribution in [1.82, 2.24) is 4.98 Å². The summed E-state index contributed by atoms with van der Waals surface area (Å²) in [6, 6.07) is 7.29. The molecular weight excluding hydrogens is 270 g/mol. The summed E-state index contributed by atoms with van der Waals surface area (Å²) in [5.41, 5.74) is 1.67. The quantitative estimate of drug-likeness (QED) is 0.930. The number of hydrogen-bond acceptors (Lipinski definition) is 3. The first-order valence-electron chi connectivity index (χ1n) is 5.56. The average Bonchev–Trinajstić information content (AvgIpc) is 2.72. The number of carboxylic acids is 1. The highest BCUT2D eigenvalue weighted by molar-refractivity contribution is 7.12. The van der Waals surface area contributed by atoms with E-state index in [4.69, 9.17) is 16.7 Å². The molecule has 2 aromatic rings. The van der Waals surface area contributed by atoms with Gasteiger partial charge in [-0.05, 0) is 18.6 Å². The van der Waals surface area contributed by atoms with Gasteiger partial charge in [-0.25, -0.2) is 4.98 Å². The van der Waals surface area contributed by atoms with Crippen LogP contribution < -0.4 is 0 Å². The molecule has 0 unspecified atom stereocenters. The Morgan fingerprint density at radius 3 is 2.61 bits per heavy atom. The number of aliphatic carboxylic acids is 1. The lowest BCUT2D eigenvalue weighted by atomic mass is 10.1. The van der Waals surface area contributed by atoms with E-state index >= 15 is 0 Å². The highest BCUT2D eigenvalue weighted by Gasteiger charge is 2.14. The number of aromatic nitrogens is 1. The van der Waals surface area contributed by atoms with Gasteiger partial charge in [-0.3, -0.25) is 4.79 Å². The zero-order chi connectivity index (χ0) is 13.1. The summed E-state index contributed by atoms with van der Waals surface area (Å²) in [7, 11) is 0. The van der Waals surface area contributed by atoms with Crippen LogP contribution in [0.1, 0.15) is 16.8 Å². The smallest absolute Gasteiger partial charge is 0.308 e. The van der Waals surface area contributed by atoms with Gasteiger partial charge in [0.2, 0.25) is 0 Å². The highest BCUT2D eigenvalue weighted by atomic mass is 35.5. The van der Waals surface area contributed by atoms with Crippen LogP contribution in [0, 0.1) is 0 Å². The van der Waals surface area contributed by atoms with Gasteiger partial charge in [0, 0.05) is 15.5 Å². The Bertz CT molecular complexity index is 563. The maximum Gasteiger partial charge on any atom is 0.308 e. The molecule has 1 aromatic carbocycles. The summed E-state index contributed by atoms with van der Waals surface area (Å²) in [6.07, 6.45) is 0.820. The Labute approximate surface area is 114 Å². The largest absolute Gasteiger partial charge is 0.481 e. The fourth-order valence-electron chi connectivity index (χ4n) is 1.64. The second-order valence-electron chi connectivity index (χ2n) is 3.81. The second kappa shape index (κ2) is 5.50. The first-order chi connectivity index (χ1) is 8.60. The Hall–Kier alpha value is -1.39. The van der Waals surface area contributed by atoms with Gasteiger partial charge in [-0.2, -0.15) is 0 Å². The van der Waals surface area contributed by atoms with Crippen molar-refractivity contribution in [1.29, 1.82) is 0 Å². The molecule has 2 rings (SSSR count). The molecule has 5 heteroatoms. The molecule has 0 atom stereocenters. The zero-order valence-electron chi connectivity index (χ0n) is 9.81. The fourth-order valence-corrected chi connectivity index (χ4v) is 2.79. The monoisotopic (exact) mass is 281 g/mol. The Balaban J connectivity index is 2.44. The predicted octanol–water partition coefficient (Wildman–Crippen LogP) is 3.65. The van der Waals surface area contributed by atoms with Crippen molar-refractivity contribution < 1.29 is 9.90 Å². The third kappa shape index (κ3) is 2.89. The Kier molecular flexibility index (Phi) is 3.99. The van der Waals surface area contributed by atoms with Crippen LogP contribution >= 0.6 is 22.9 Å². The van der Waals surface area contributed by atoms with Gasteiger partial charge >= 0.3 is 5.97 Å². The lowest BCUT2D eigenvalue weighted by Gasteiger charge is -2.00. The molecule has 3 nitrogen and oxygen atoms in total. The standard InChI is InChI=1S/C13H12ClNO2S/c1-2-11-15-13(10(18-11)7-12(16)17)8-3-5-9(14)6-4-8/h3-6H,2,7H2,1H3,(H,16,17). The van der Waals surface area contributed by atoms with E-state index < -0.39 is 5.97 Å². The van der Waals surface area contributed by atoms with E-state index in [2.05, 4.69) is 4.98 Å². The first kappa shape index (κ1) is 13.1. The molecule has 18 heavy (non-hydrogen) atoms. The van der Waals surface area contributed by atoms with E-state index in [1.165, 1.54) is 11.3 Å². The van der Waals surface area contributed by atoms with Gasteiger partial charge in [-0.1, -0.05) is 30.7 Å². The number of carboxylic acid groups (broad SMARTS) is 1. The minimum atomic E-state index is -0.837. The number of rotatable bonds is 4. The van der Waals surface area contributed by atoms with Gasteiger partial charge in [0.05, 0.1) is 17.1 Å². The second-order valence-corrected chi connectivity index (χ2v) is 5.41. The molecule has 0 fully saturated rings.